The molecule has 1 saturated carbocycles. The number of rotatable bonds is 3. The quantitative estimate of drug-likeness (QED) is 0.820. The van der Waals surface area contributed by atoms with Crippen molar-refractivity contribution in [2.75, 3.05) is 31.6 Å². The Morgan fingerprint density at radius 1 is 1.11 bits per heavy atom. The average Bonchev–Trinajstić information content (AvgIpc) is 2.96. The molecule has 1 N–H and O–H groups in total. The highest BCUT2D eigenvalue weighted by atomic mass is 16.7. The van der Waals surface area contributed by atoms with Gasteiger partial charge >= 0.3 is 0 Å². The van der Waals surface area contributed by atoms with Crippen molar-refractivity contribution < 1.29 is 14.3 Å². The summed E-state index contributed by atoms with van der Waals surface area (Å²) >= 11 is 0. The van der Waals surface area contributed by atoms with Crippen molar-refractivity contribution in [3.8, 4) is 0 Å². The molecular formula is C20H30N4O3. The molecule has 0 unspecified atom stereocenters. The highest BCUT2D eigenvalue weighted by Gasteiger charge is 2.41. The molecule has 3 fully saturated rings. The number of amides is 1. The molecule has 0 radical (unpaired) electrons. The molecule has 1 aromatic rings. The fraction of sp³-hybridized carbons (Fsp3) is 0.750. The topological polar surface area (TPSA) is 76.6 Å². The Morgan fingerprint density at radius 2 is 1.78 bits per heavy atom. The summed E-state index contributed by atoms with van der Waals surface area (Å²) in [4.78, 5) is 23.8. The fourth-order valence-electron chi connectivity index (χ4n) is 4.38. The van der Waals surface area contributed by atoms with E-state index in [0.717, 1.165) is 18.7 Å². The summed E-state index contributed by atoms with van der Waals surface area (Å²) in [6.45, 7) is 4.41. The Balaban J connectivity index is 1.42. The van der Waals surface area contributed by atoms with Crippen LogP contribution in [0.5, 0.6) is 0 Å². The van der Waals surface area contributed by atoms with E-state index in [-0.39, 0.29) is 5.91 Å². The first-order valence-electron chi connectivity index (χ1n) is 10.3. The van der Waals surface area contributed by atoms with Gasteiger partial charge in [0.25, 0.3) is 5.91 Å². The number of piperidine rings is 1. The lowest BCUT2D eigenvalue weighted by molar-refractivity contribution is -0.181. The van der Waals surface area contributed by atoms with Crippen LogP contribution in [0, 0.1) is 6.92 Å². The van der Waals surface area contributed by atoms with Crippen molar-refractivity contribution in [1.29, 1.82) is 0 Å². The minimum absolute atomic E-state index is 0.0303. The molecule has 3 heterocycles. The number of aromatic nitrogens is 2. The molecule has 148 valence electrons. The number of carbonyl (C=O) groups is 1. The molecule has 0 atom stereocenters. The molecule has 7 nitrogen and oxygen atoms in total. The minimum Gasteiger partial charge on any atom is -0.367 e. The van der Waals surface area contributed by atoms with Crippen LogP contribution in [0.15, 0.2) is 6.07 Å². The van der Waals surface area contributed by atoms with E-state index in [1.54, 1.807) is 0 Å². The third-order valence-electron chi connectivity index (χ3n) is 5.89. The maximum absolute atomic E-state index is 13.0. The van der Waals surface area contributed by atoms with E-state index in [1.165, 1.54) is 38.5 Å². The Labute approximate surface area is 160 Å². The molecule has 1 aromatic heterocycles. The highest BCUT2D eigenvalue weighted by molar-refractivity contribution is 5.93. The predicted molar refractivity (Wildman–Crippen MR) is 102 cm³/mol. The number of likely N-dealkylation sites (tertiary alicyclic amines) is 1. The molecule has 1 amide bonds. The van der Waals surface area contributed by atoms with Crippen LogP contribution in [-0.2, 0) is 9.47 Å². The van der Waals surface area contributed by atoms with Crippen molar-refractivity contribution in [1.82, 2.24) is 14.9 Å². The van der Waals surface area contributed by atoms with Gasteiger partial charge in [-0.15, -0.1) is 0 Å². The Hall–Kier alpha value is -1.73. The summed E-state index contributed by atoms with van der Waals surface area (Å²) in [6.07, 6.45) is 8.91. The molecule has 0 bridgehead atoms. The number of anilines is 1. The predicted octanol–water partition coefficient (Wildman–Crippen LogP) is 2.90. The van der Waals surface area contributed by atoms with Crippen molar-refractivity contribution in [3.63, 3.8) is 0 Å². The molecule has 1 spiro atoms. The lowest BCUT2D eigenvalue weighted by Gasteiger charge is -2.37. The average molecular weight is 374 g/mol. The van der Waals surface area contributed by atoms with Gasteiger partial charge in [0.1, 0.15) is 17.3 Å². The number of nitrogens with one attached hydrogen (secondary N) is 1. The second-order valence-corrected chi connectivity index (χ2v) is 7.92. The van der Waals surface area contributed by atoms with Gasteiger partial charge in [-0.3, -0.25) is 4.79 Å². The third-order valence-corrected chi connectivity index (χ3v) is 5.89. The second kappa shape index (κ2) is 8.10. The molecule has 1 aliphatic carbocycles. The molecule has 7 heteroatoms. The van der Waals surface area contributed by atoms with Crippen LogP contribution in [0.1, 0.15) is 67.7 Å². The van der Waals surface area contributed by atoms with Crippen LogP contribution in [0.3, 0.4) is 0 Å². The normalized spacial score (nSPS) is 23.4. The number of nitrogens with zero attached hydrogens (tertiary/aromatic N) is 3. The van der Waals surface area contributed by atoms with E-state index in [2.05, 4.69) is 15.3 Å². The Bertz CT molecular complexity index is 657. The standard InChI is InChI=1S/C20H30N4O3/c1-15-21-17(14-18(22-15)23-16-6-4-2-3-5-7-16)19(25)24-10-8-20(9-11-24)26-12-13-27-20/h14,16H,2-13H2,1H3,(H,21,22,23). The first-order chi connectivity index (χ1) is 13.1. The van der Waals surface area contributed by atoms with Crippen LogP contribution >= 0.6 is 0 Å². The summed E-state index contributed by atoms with van der Waals surface area (Å²) in [5, 5.41) is 3.54. The lowest BCUT2D eigenvalue weighted by Crippen LogP contribution is -2.47. The van der Waals surface area contributed by atoms with E-state index >= 15 is 0 Å². The highest BCUT2D eigenvalue weighted by Crippen LogP contribution is 2.31. The van der Waals surface area contributed by atoms with Crippen molar-refractivity contribution in [2.24, 2.45) is 0 Å². The number of carbonyl (C=O) groups excluding carboxylic acids is 1. The summed E-state index contributed by atoms with van der Waals surface area (Å²) < 4.78 is 11.5. The molecule has 2 aliphatic heterocycles. The van der Waals surface area contributed by atoms with Gasteiger partial charge in [0, 0.05) is 38.0 Å². The van der Waals surface area contributed by atoms with Gasteiger partial charge in [0.15, 0.2) is 5.79 Å². The number of aryl methyl sites for hydroxylation is 1. The van der Waals surface area contributed by atoms with E-state index in [0.29, 0.717) is 43.9 Å². The molecular weight excluding hydrogens is 344 g/mol. The van der Waals surface area contributed by atoms with Gasteiger partial charge in [0.05, 0.1) is 13.2 Å². The van der Waals surface area contributed by atoms with E-state index in [9.17, 15) is 4.79 Å². The zero-order chi connectivity index (χ0) is 18.7. The third kappa shape index (κ3) is 4.41. The summed E-state index contributed by atoms with van der Waals surface area (Å²) in [5.41, 5.74) is 0.475. The zero-order valence-corrected chi connectivity index (χ0v) is 16.2. The van der Waals surface area contributed by atoms with Gasteiger partial charge < -0.3 is 19.7 Å². The van der Waals surface area contributed by atoms with Crippen molar-refractivity contribution in [2.45, 2.75) is 70.1 Å². The fourth-order valence-corrected chi connectivity index (χ4v) is 4.38. The maximum atomic E-state index is 13.0. The van der Waals surface area contributed by atoms with Crippen LogP contribution in [0.4, 0.5) is 5.82 Å². The molecule has 2 saturated heterocycles. The summed E-state index contributed by atoms with van der Waals surface area (Å²) in [6, 6.07) is 2.25. The maximum Gasteiger partial charge on any atom is 0.272 e. The first-order valence-corrected chi connectivity index (χ1v) is 10.3. The van der Waals surface area contributed by atoms with E-state index in [1.807, 2.05) is 17.9 Å². The second-order valence-electron chi connectivity index (χ2n) is 7.92. The molecule has 27 heavy (non-hydrogen) atoms. The Morgan fingerprint density at radius 3 is 2.44 bits per heavy atom. The van der Waals surface area contributed by atoms with Crippen LogP contribution < -0.4 is 5.32 Å². The number of hydrogen-bond acceptors (Lipinski definition) is 6. The molecule has 4 rings (SSSR count). The summed E-state index contributed by atoms with van der Waals surface area (Å²) in [7, 11) is 0. The van der Waals surface area contributed by atoms with Gasteiger partial charge in [-0.05, 0) is 19.8 Å². The smallest absolute Gasteiger partial charge is 0.272 e. The van der Waals surface area contributed by atoms with Gasteiger partial charge in [0.2, 0.25) is 0 Å². The number of ether oxygens (including phenoxy) is 2. The van der Waals surface area contributed by atoms with Gasteiger partial charge in [-0.1, -0.05) is 25.7 Å². The zero-order valence-electron chi connectivity index (χ0n) is 16.2. The number of hydrogen-bond donors (Lipinski definition) is 1. The van der Waals surface area contributed by atoms with Crippen molar-refractivity contribution in [3.05, 3.63) is 17.6 Å². The van der Waals surface area contributed by atoms with Crippen LogP contribution in [0.2, 0.25) is 0 Å². The first kappa shape index (κ1) is 18.6. The van der Waals surface area contributed by atoms with Crippen LogP contribution in [-0.4, -0.2) is 58.9 Å². The summed E-state index contributed by atoms with van der Waals surface area (Å²) in [5.74, 6) is 0.906. The molecule has 3 aliphatic rings. The SMILES string of the molecule is Cc1nc(NC2CCCCCC2)cc(C(=O)N2CCC3(CC2)OCCO3)n1. The monoisotopic (exact) mass is 374 g/mol. The van der Waals surface area contributed by atoms with Gasteiger partial charge in [-0.25, -0.2) is 9.97 Å². The van der Waals surface area contributed by atoms with Gasteiger partial charge in [-0.2, -0.15) is 0 Å². The van der Waals surface area contributed by atoms with E-state index < -0.39 is 5.79 Å². The minimum atomic E-state index is -0.468. The van der Waals surface area contributed by atoms with Crippen LogP contribution in [0.25, 0.3) is 0 Å². The largest absolute Gasteiger partial charge is 0.367 e. The van der Waals surface area contributed by atoms with E-state index in [4.69, 9.17) is 9.47 Å². The lowest BCUT2D eigenvalue weighted by atomic mass is 10.0. The molecule has 0 aromatic carbocycles. The van der Waals surface area contributed by atoms with Crippen molar-refractivity contribution >= 4 is 11.7 Å². The Kier molecular flexibility index (Phi) is 5.59.